The Labute approximate surface area is 127 Å². The minimum absolute atomic E-state index is 0.352. The van der Waals surface area contributed by atoms with Crippen molar-refractivity contribution in [3.05, 3.63) is 34.9 Å². The monoisotopic (exact) mass is 287 g/mol. The van der Waals surface area contributed by atoms with E-state index in [1.807, 2.05) is 0 Å². The Hall–Kier alpha value is -1.35. The summed E-state index contributed by atoms with van der Waals surface area (Å²) in [4.78, 5) is 13.6. The smallest absolute Gasteiger partial charge is 0.303 e. The third-order valence-corrected chi connectivity index (χ3v) is 5.30. The summed E-state index contributed by atoms with van der Waals surface area (Å²) in [6.45, 7) is 5.36. The molecule has 2 atom stereocenters. The number of rotatable bonds is 4. The molecule has 0 spiro atoms. The highest BCUT2D eigenvalue weighted by atomic mass is 16.4. The first-order valence-corrected chi connectivity index (χ1v) is 8.06. The highest BCUT2D eigenvalue weighted by molar-refractivity contribution is 5.67. The van der Waals surface area contributed by atoms with Crippen LogP contribution in [0.2, 0.25) is 0 Å². The number of hydrogen-bond donors (Lipinski definition) is 1. The van der Waals surface area contributed by atoms with E-state index in [-0.39, 0.29) is 0 Å². The lowest BCUT2D eigenvalue weighted by molar-refractivity contribution is -0.138. The molecule has 0 aromatic heterocycles. The zero-order valence-corrected chi connectivity index (χ0v) is 13.0. The number of piperidine rings is 1. The summed E-state index contributed by atoms with van der Waals surface area (Å²) in [5.41, 5.74) is 4.12. The van der Waals surface area contributed by atoms with Crippen LogP contribution in [0.15, 0.2) is 18.2 Å². The Bertz CT molecular complexity index is 526. The Morgan fingerprint density at radius 3 is 2.48 bits per heavy atom. The van der Waals surface area contributed by atoms with Gasteiger partial charge >= 0.3 is 5.97 Å². The van der Waals surface area contributed by atoms with Gasteiger partial charge in [0.15, 0.2) is 0 Å². The van der Waals surface area contributed by atoms with E-state index in [4.69, 9.17) is 5.11 Å². The van der Waals surface area contributed by atoms with Gasteiger partial charge in [-0.1, -0.05) is 23.8 Å². The van der Waals surface area contributed by atoms with Gasteiger partial charge in [0, 0.05) is 25.0 Å². The predicted molar refractivity (Wildman–Crippen MR) is 83.2 cm³/mol. The van der Waals surface area contributed by atoms with E-state index in [1.54, 1.807) is 0 Å². The number of benzene rings is 1. The van der Waals surface area contributed by atoms with Gasteiger partial charge in [0.2, 0.25) is 0 Å². The molecule has 2 saturated heterocycles. The minimum atomic E-state index is -0.637. The first-order chi connectivity index (χ1) is 10.0. The number of nitrogens with zero attached hydrogens (tertiary/aromatic N) is 1. The number of aliphatic carboxylic acids is 1. The topological polar surface area (TPSA) is 40.5 Å². The van der Waals surface area contributed by atoms with Crippen molar-refractivity contribution in [3.8, 4) is 0 Å². The van der Waals surface area contributed by atoms with Gasteiger partial charge in [-0.15, -0.1) is 0 Å². The first kappa shape index (κ1) is 14.6. The maximum absolute atomic E-state index is 10.9. The van der Waals surface area contributed by atoms with E-state index in [0.717, 1.165) is 19.4 Å². The van der Waals surface area contributed by atoms with Crippen LogP contribution in [0.1, 0.15) is 48.8 Å². The van der Waals surface area contributed by atoms with Crippen molar-refractivity contribution >= 4 is 5.97 Å². The fourth-order valence-corrected chi connectivity index (χ4v) is 4.28. The lowest BCUT2D eigenvalue weighted by atomic mass is 9.87. The molecule has 3 nitrogen and oxygen atoms in total. The van der Waals surface area contributed by atoms with Crippen LogP contribution in [-0.2, 0) is 11.3 Å². The predicted octanol–water partition coefficient (Wildman–Crippen LogP) is 3.52. The highest BCUT2D eigenvalue weighted by Crippen LogP contribution is 2.40. The molecule has 2 unspecified atom stereocenters. The molecule has 1 N–H and O–H groups in total. The molecule has 21 heavy (non-hydrogen) atoms. The molecule has 1 aromatic rings. The number of carbonyl (C=O) groups is 1. The summed E-state index contributed by atoms with van der Waals surface area (Å²) in [5, 5.41) is 9.01. The van der Waals surface area contributed by atoms with Crippen molar-refractivity contribution in [1.82, 2.24) is 4.90 Å². The number of carboxylic acids is 1. The normalized spacial score (nSPS) is 28.8. The third-order valence-electron chi connectivity index (χ3n) is 5.30. The number of carboxylic acid groups (broad SMARTS) is 1. The molecule has 0 amide bonds. The number of fused-ring (bicyclic) bond motifs is 2. The van der Waals surface area contributed by atoms with Crippen molar-refractivity contribution in [2.24, 2.45) is 5.92 Å². The van der Waals surface area contributed by atoms with Gasteiger partial charge in [-0.05, 0) is 56.6 Å². The van der Waals surface area contributed by atoms with Gasteiger partial charge in [0.05, 0.1) is 0 Å². The Kier molecular flexibility index (Phi) is 4.03. The third kappa shape index (κ3) is 3.13. The maximum atomic E-state index is 10.9. The zero-order valence-electron chi connectivity index (χ0n) is 13.0. The molecule has 0 radical (unpaired) electrons. The van der Waals surface area contributed by atoms with E-state index in [1.165, 1.54) is 29.5 Å². The van der Waals surface area contributed by atoms with Crippen molar-refractivity contribution < 1.29 is 9.90 Å². The second kappa shape index (κ2) is 5.80. The molecule has 3 rings (SSSR count). The highest BCUT2D eigenvalue weighted by Gasteiger charge is 2.40. The second-order valence-electron chi connectivity index (χ2n) is 6.92. The van der Waals surface area contributed by atoms with Gasteiger partial charge in [-0.2, -0.15) is 0 Å². The standard InChI is InChI=1S/C18H25NO2/c1-12-3-4-15(13(2)7-12)11-19-16-5-6-17(19)9-14(8-16)10-18(20)21/h3-4,7,14,16-17H,5-6,8-11H2,1-2H3,(H,20,21). The van der Waals surface area contributed by atoms with Gasteiger partial charge in [-0.25, -0.2) is 0 Å². The lowest BCUT2D eigenvalue weighted by Gasteiger charge is -2.39. The van der Waals surface area contributed by atoms with Crippen LogP contribution in [0.3, 0.4) is 0 Å². The summed E-state index contributed by atoms with van der Waals surface area (Å²) in [6.07, 6.45) is 4.96. The Morgan fingerprint density at radius 1 is 1.24 bits per heavy atom. The van der Waals surface area contributed by atoms with Crippen molar-refractivity contribution in [3.63, 3.8) is 0 Å². The number of hydrogen-bond acceptors (Lipinski definition) is 2. The molecule has 2 heterocycles. The average Bonchev–Trinajstić information content (AvgIpc) is 2.64. The van der Waals surface area contributed by atoms with Gasteiger partial charge < -0.3 is 5.11 Å². The molecule has 2 aliphatic heterocycles. The summed E-state index contributed by atoms with van der Waals surface area (Å²) in [7, 11) is 0. The Morgan fingerprint density at radius 2 is 1.90 bits per heavy atom. The van der Waals surface area contributed by atoms with E-state index >= 15 is 0 Å². The van der Waals surface area contributed by atoms with Gasteiger partial charge in [0.25, 0.3) is 0 Å². The van der Waals surface area contributed by atoms with E-state index in [0.29, 0.717) is 24.4 Å². The summed E-state index contributed by atoms with van der Waals surface area (Å²) < 4.78 is 0. The molecule has 114 valence electrons. The second-order valence-corrected chi connectivity index (χ2v) is 6.92. The average molecular weight is 287 g/mol. The van der Waals surface area contributed by atoms with Gasteiger partial charge in [0.1, 0.15) is 0 Å². The molecule has 2 aliphatic rings. The fourth-order valence-electron chi connectivity index (χ4n) is 4.28. The van der Waals surface area contributed by atoms with E-state index < -0.39 is 5.97 Å². The number of aryl methyl sites for hydroxylation is 2. The Balaban J connectivity index is 1.69. The molecule has 0 saturated carbocycles. The SMILES string of the molecule is Cc1ccc(CN2C3CCC2CC(CC(=O)O)C3)c(C)c1. The molecule has 2 bridgehead atoms. The van der Waals surface area contributed by atoms with Crippen LogP contribution in [0.5, 0.6) is 0 Å². The van der Waals surface area contributed by atoms with Crippen LogP contribution in [0.4, 0.5) is 0 Å². The van der Waals surface area contributed by atoms with Crippen molar-refractivity contribution in [1.29, 1.82) is 0 Å². The van der Waals surface area contributed by atoms with E-state index in [2.05, 4.69) is 36.9 Å². The fraction of sp³-hybridized carbons (Fsp3) is 0.611. The lowest BCUT2D eigenvalue weighted by Crippen LogP contribution is -2.42. The minimum Gasteiger partial charge on any atom is -0.481 e. The molecule has 2 fully saturated rings. The molecular formula is C18H25NO2. The maximum Gasteiger partial charge on any atom is 0.303 e. The van der Waals surface area contributed by atoms with Crippen LogP contribution in [-0.4, -0.2) is 28.1 Å². The van der Waals surface area contributed by atoms with Gasteiger partial charge in [-0.3, -0.25) is 9.69 Å². The zero-order chi connectivity index (χ0) is 15.0. The molecule has 1 aromatic carbocycles. The van der Waals surface area contributed by atoms with Crippen LogP contribution >= 0.6 is 0 Å². The summed E-state index contributed by atoms with van der Waals surface area (Å²) in [5.74, 6) is -0.252. The molecule has 0 aliphatic carbocycles. The van der Waals surface area contributed by atoms with Crippen LogP contribution in [0.25, 0.3) is 0 Å². The van der Waals surface area contributed by atoms with Crippen molar-refractivity contribution in [2.75, 3.05) is 0 Å². The summed E-state index contributed by atoms with van der Waals surface area (Å²) in [6, 6.07) is 7.89. The first-order valence-electron chi connectivity index (χ1n) is 8.06. The van der Waals surface area contributed by atoms with E-state index in [9.17, 15) is 4.79 Å². The quantitative estimate of drug-likeness (QED) is 0.921. The molecule has 3 heteroatoms. The van der Waals surface area contributed by atoms with Crippen LogP contribution < -0.4 is 0 Å². The van der Waals surface area contributed by atoms with Crippen LogP contribution in [0, 0.1) is 19.8 Å². The van der Waals surface area contributed by atoms with Crippen molar-refractivity contribution in [2.45, 2.75) is 64.6 Å². The summed E-state index contributed by atoms with van der Waals surface area (Å²) >= 11 is 0. The molecular weight excluding hydrogens is 262 g/mol. The largest absolute Gasteiger partial charge is 0.481 e.